The molecule has 7 heteroatoms. The topological polar surface area (TPSA) is 58.6 Å². The van der Waals surface area contributed by atoms with Crippen LogP contribution in [0.1, 0.15) is 39.2 Å². The normalized spacial score (nSPS) is 12.7. The molecule has 2 rings (SSSR count). The summed E-state index contributed by atoms with van der Waals surface area (Å²) in [5.41, 5.74) is 0.724. The number of rotatable bonds is 10. The lowest BCUT2D eigenvalue weighted by molar-refractivity contribution is -0.143. The Kier molecular flexibility index (Phi) is 9.12. The number of carbonyl (C=O) groups is 2. The maximum Gasteiger partial charge on any atom is 0.261 e. The SMILES string of the molecule is CC[C@H](C)NC(=O)[C@H](CC)N(Cc1ccc(F)cc1)C(=O)COc1cccc(Cl)c1. The minimum absolute atomic E-state index is 0.00275. The van der Waals surface area contributed by atoms with E-state index in [1.165, 1.54) is 17.0 Å². The molecule has 0 radical (unpaired) electrons. The minimum Gasteiger partial charge on any atom is -0.484 e. The van der Waals surface area contributed by atoms with Gasteiger partial charge in [-0.2, -0.15) is 0 Å². The molecule has 0 aliphatic carbocycles. The maximum atomic E-state index is 13.3. The van der Waals surface area contributed by atoms with Crippen molar-refractivity contribution < 1.29 is 18.7 Å². The van der Waals surface area contributed by atoms with Crippen molar-refractivity contribution in [2.75, 3.05) is 6.61 Å². The molecule has 0 fully saturated rings. The first-order valence-electron chi connectivity index (χ1n) is 10.1. The molecular formula is C23H28ClFN2O3. The van der Waals surface area contributed by atoms with Crippen LogP contribution in [0.25, 0.3) is 0 Å². The fourth-order valence-corrected chi connectivity index (χ4v) is 3.11. The Morgan fingerprint density at radius 2 is 1.83 bits per heavy atom. The van der Waals surface area contributed by atoms with Crippen LogP contribution in [0.3, 0.4) is 0 Å². The smallest absolute Gasteiger partial charge is 0.261 e. The van der Waals surface area contributed by atoms with Gasteiger partial charge in [-0.25, -0.2) is 4.39 Å². The van der Waals surface area contributed by atoms with Gasteiger partial charge in [-0.1, -0.05) is 43.6 Å². The second-order valence-corrected chi connectivity index (χ2v) is 7.57. The summed E-state index contributed by atoms with van der Waals surface area (Å²) in [5.74, 6) is -0.451. The van der Waals surface area contributed by atoms with E-state index < -0.39 is 6.04 Å². The van der Waals surface area contributed by atoms with E-state index in [0.717, 1.165) is 12.0 Å². The molecule has 2 aromatic carbocycles. The van der Waals surface area contributed by atoms with Gasteiger partial charge in [0, 0.05) is 17.6 Å². The van der Waals surface area contributed by atoms with E-state index in [1.807, 2.05) is 20.8 Å². The summed E-state index contributed by atoms with van der Waals surface area (Å²) >= 11 is 5.96. The second kappa shape index (κ2) is 11.6. The van der Waals surface area contributed by atoms with Crippen molar-refractivity contribution in [3.8, 4) is 5.75 Å². The molecular weight excluding hydrogens is 407 g/mol. The molecule has 2 amide bonds. The Balaban J connectivity index is 2.20. The van der Waals surface area contributed by atoms with Crippen LogP contribution >= 0.6 is 11.6 Å². The number of benzene rings is 2. The molecule has 0 heterocycles. The van der Waals surface area contributed by atoms with Gasteiger partial charge in [-0.15, -0.1) is 0 Å². The average molecular weight is 435 g/mol. The van der Waals surface area contributed by atoms with Gasteiger partial charge in [-0.3, -0.25) is 9.59 Å². The fraction of sp³-hybridized carbons (Fsp3) is 0.391. The van der Waals surface area contributed by atoms with E-state index in [9.17, 15) is 14.0 Å². The first-order chi connectivity index (χ1) is 14.3. The molecule has 0 saturated heterocycles. The van der Waals surface area contributed by atoms with Gasteiger partial charge in [0.05, 0.1) is 0 Å². The molecule has 162 valence electrons. The molecule has 1 N–H and O–H groups in total. The summed E-state index contributed by atoms with van der Waals surface area (Å²) < 4.78 is 18.9. The Morgan fingerprint density at radius 1 is 1.13 bits per heavy atom. The maximum absolute atomic E-state index is 13.3. The van der Waals surface area contributed by atoms with Crippen molar-refractivity contribution in [3.63, 3.8) is 0 Å². The summed E-state index contributed by atoms with van der Waals surface area (Å²) in [6.07, 6.45) is 1.22. The monoisotopic (exact) mass is 434 g/mol. The highest BCUT2D eigenvalue weighted by Gasteiger charge is 2.29. The first kappa shape index (κ1) is 23.7. The Morgan fingerprint density at radius 3 is 2.43 bits per heavy atom. The van der Waals surface area contributed by atoms with Crippen molar-refractivity contribution in [2.24, 2.45) is 0 Å². The van der Waals surface area contributed by atoms with Crippen molar-refractivity contribution in [2.45, 2.75) is 52.2 Å². The number of carbonyl (C=O) groups excluding carboxylic acids is 2. The van der Waals surface area contributed by atoms with Crippen LogP contribution in [-0.2, 0) is 16.1 Å². The van der Waals surface area contributed by atoms with Gasteiger partial charge >= 0.3 is 0 Å². The van der Waals surface area contributed by atoms with Gasteiger partial charge in [0.1, 0.15) is 17.6 Å². The molecule has 0 aliphatic rings. The largest absolute Gasteiger partial charge is 0.484 e. The third-order valence-electron chi connectivity index (χ3n) is 4.81. The number of nitrogens with one attached hydrogen (secondary N) is 1. The van der Waals surface area contributed by atoms with Crippen molar-refractivity contribution >= 4 is 23.4 Å². The molecule has 2 aromatic rings. The lowest BCUT2D eigenvalue weighted by atomic mass is 10.1. The minimum atomic E-state index is -0.667. The zero-order valence-corrected chi connectivity index (χ0v) is 18.3. The zero-order valence-electron chi connectivity index (χ0n) is 17.5. The Labute approximate surface area is 182 Å². The Hall–Kier alpha value is -2.60. The summed E-state index contributed by atoms with van der Waals surface area (Å²) in [6, 6.07) is 12.0. The van der Waals surface area contributed by atoms with E-state index in [2.05, 4.69) is 5.32 Å². The van der Waals surface area contributed by atoms with Crippen LogP contribution < -0.4 is 10.1 Å². The Bertz CT molecular complexity index is 845. The number of ether oxygens (including phenoxy) is 1. The standard InChI is InChI=1S/C23H28ClFN2O3/c1-4-16(3)26-23(29)21(5-2)27(14-17-9-11-19(25)12-10-17)22(28)15-30-20-8-6-7-18(24)13-20/h6-13,16,21H,4-5,14-15H2,1-3H3,(H,26,29)/t16-,21-/m0/s1. The van der Waals surface area contributed by atoms with Crippen LogP contribution in [0.4, 0.5) is 4.39 Å². The number of halogens is 2. The molecule has 5 nitrogen and oxygen atoms in total. The van der Waals surface area contributed by atoms with Gasteiger partial charge in [-0.05, 0) is 55.7 Å². The highest BCUT2D eigenvalue weighted by Crippen LogP contribution is 2.18. The van der Waals surface area contributed by atoms with Gasteiger partial charge in [0.25, 0.3) is 5.91 Å². The van der Waals surface area contributed by atoms with E-state index in [1.54, 1.807) is 36.4 Å². The highest BCUT2D eigenvalue weighted by atomic mass is 35.5. The molecule has 0 spiro atoms. The molecule has 0 aliphatic heterocycles. The van der Waals surface area contributed by atoms with Crippen LogP contribution in [0, 0.1) is 5.82 Å². The summed E-state index contributed by atoms with van der Waals surface area (Å²) in [4.78, 5) is 27.4. The van der Waals surface area contributed by atoms with Crippen molar-refractivity contribution in [3.05, 3.63) is 64.9 Å². The number of amides is 2. The molecule has 0 bridgehead atoms. The summed E-state index contributed by atoms with van der Waals surface area (Å²) in [6.45, 7) is 5.67. The first-order valence-corrected chi connectivity index (χ1v) is 10.4. The molecule has 30 heavy (non-hydrogen) atoms. The highest BCUT2D eigenvalue weighted by molar-refractivity contribution is 6.30. The average Bonchev–Trinajstić information content (AvgIpc) is 2.73. The van der Waals surface area contributed by atoms with Gasteiger partial charge < -0.3 is 15.0 Å². The van der Waals surface area contributed by atoms with E-state index in [0.29, 0.717) is 17.2 Å². The third-order valence-corrected chi connectivity index (χ3v) is 5.05. The van der Waals surface area contributed by atoms with Crippen LogP contribution in [0.15, 0.2) is 48.5 Å². The second-order valence-electron chi connectivity index (χ2n) is 7.14. The lowest BCUT2D eigenvalue weighted by Crippen LogP contribution is -2.51. The molecule has 0 unspecified atom stereocenters. The van der Waals surface area contributed by atoms with Gasteiger partial charge in [0.15, 0.2) is 6.61 Å². The third kappa shape index (κ3) is 7.02. The quantitative estimate of drug-likeness (QED) is 0.595. The van der Waals surface area contributed by atoms with E-state index in [4.69, 9.17) is 16.3 Å². The fourth-order valence-electron chi connectivity index (χ4n) is 2.93. The van der Waals surface area contributed by atoms with Crippen LogP contribution in [0.2, 0.25) is 5.02 Å². The number of hydrogen-bond acceptors (Lipinski definition) is 3. The van der Waals surface area contributed by atoms with E-state index in [-0.39, 0.29) is 36.8 Å². The molecule has 0 aromatic heterocycles. The van der Waals surface area contributed by atoms with Crippen LogP contribution in [0.5, 0.6) is 5.75 Å². The molecule has 0 saturated carbocycles. The number of hydrogen-bond donors (Lipinski definition) is 1. The van der Waals surface area contributed by atoms with Crippen molar-refractivity contribution in [1.82, 2.24) is 10.2 Å². The predicted molar refractivity (Wildman–Crippen MR) is 116 cm³/mol. The van der Waals surface area contributed by atoms with Gasteiger partial charge in [0.2, 0.25) is 5.91 Å². The predicted octanol–water partition coefficient (Wildman–Crippen LogP) is 4.58. The molecule has 2 atom stereocenters. The van der Waals surface area contributed by atoms with Crippen molar-refractivity contribution in [1.29, 1.82) is 0 Å². The van der Waals surface area contributed by atoms with Crippen LogP contribution in [-0.4, -0.2) is 35.4 Å². The summed E-state index contributed by atoms with van der Waals surface area (Å²) in [7, 11) is 0. The zero-order chi connectivity index (χ0) is 22.1. The number of nitrogens with zero attached hydrogens (tertiary/aromatic N) is 1. The lowest BCUT2D eigenvalue weighted by Gasteiger charge is -2.31. The van der Waals surface area contributed by atoms with E-state index >= 15 is 0 Å². The summed E-state index contributed by atoms with van der Waals surface area (Å²) in [5, 5.41) is 3.44.